The highest BCUT2D eigenvalue weighted by atomic mass is 32.1. The first kappa shape index (κ1) is 13.4. The molecule has 0 aliphatic carbocycles. The van der Waals surface area contributed by atoms with Gasteiger partial charge in [0.2, 0.25) is 0 Å². The van der Waals surface area contributed by atoms with Crippen molar-refractivity contribution in [3.05, 3.63) is 35.8 Å². The number of aryl methyl sites for hydroxylation is 1. The van der Waals surface area contributed by atoms with E-state index in [2.05, 4.69) is 22.4 Å². The van der Waals surface area contributed by atoms with E-state index in [0.29, 0.717) is 11.7 Å². The second kappa shape index (κ2) is 6.20. The molecule has 1 heterocycles. The number of hydrogen-bond acceptors (Lipinski definition) is 3. The summed E-state index contributed by atoms with van der Waals surface area (Å²) < 4.78 is 5.43. The van der Waals surface area contributed by atoms with Crippen LogP contribution in [-0.4, -0.2) is 17.4 Å². The Hall–Kier alpha value is -1.62. The molecule has 0 aromatic carbocycles. The predicted octanol–water partition coefficient (Wildman–Crippen LogP) is 2.35. The van der Waals surface area contributed by atoms with Crippen LogP contribution in [0.15, 0.2) is 33.8 Å². The summed E-state index contributed by atoms with van der Waals surface area (Å²) in [4.78, 5) is 0. The molecule has 0 spiro atoms. The highest BCUT2D eigenvalue weighted by Crippen LogP contribution is 2.06. The molecule has 0 amide bonds. The third-order valence-corrected chi connectivity index (χ3v) is 2.21. The molecular weight excluding hydrogens is 234 g/mol. The van der Waals surface area contributed by atoms with Crippen molar-refractivity contribution in [2.24, 2.45) is 5.10 Å². The minimum absolute atomic E-state index is 0.468. The van der Waals surface area contributed by atoms with Gasteiger partial charge in [-0.1, -0.05) is 12.2 Å². The topological polar surface area (TPSA) is 49.6 Å². The van der Waals surface area contributed by atoms with Crippen molar-refractivity contribution in [3.8, 4) is 0 Å². The number of furan rings is 1. The first-order valence-electron chi connectivity index (χ1n) is 5.28. The summed E-state index contributed by atoms with van der Waals surface area (Å²) in [6.45, 7) is 10.1. The van der Waals surface area contributed by atoms with Crippen LogP contribution in [0.3, 0.4) is 0 Å². The Labute approximate surface area is 107 Å². The molecule has 92 valence electrons. The van der Waals surface area contributed by atoms with Crippen LogP contribution in [0.25, 0.3) is 0 Å². The molecule has 0 saturated carbocycles. The largest absolute Gasteiger partial charge is 0.460 e. The van der Waals surface area contributed by atoms with Gasteiger partial charge in [0.15, 0.2) is 5.11 Å². The molecule has 0 saturated heterocycles. The Balaban J connectivity index is 2.48. The Bertz CT molecular complexity index is 448. The lowest BCUT2D eigenvalue weighted by molar-refractivity contribution is 0.525. The maximum Gasteiger partial charge on any atom is 0.187 e. The van der Waals surface area contributed by atoms with Gasteiger partial charge in [0, 0.05) is 6.54 Å². The number of thiocarbonyl (C=S) groups is 1. The Kier molecular flexibility index (Phi) is 4.90. The first-order valence-corrected chi connectivity index (χ1v) is 5.69. The highest BCUT2D eigenvalue weighted by molar-refractivity contribution is 7.80. The predicted molar refractivity (Wildman–Crippen MR) is 74.2 cm³/mol. The van der Waals surface area contributed by atoms with Crippen LogP contribution in [0.4, 0.5) is 0 Å². The van der Waals surface area contributed by atoms with Crippen LogP contribution in [-0.2, 0) is 0 Å². The van der Waals surface area contributed by atoms with E-state index in [4.69, 9.17) is 16.6 Å². The molecule has 0 atom stereocenters. The molecule has 1 rings (SSSR count). The van der Waals surface area contributed by atoms with Gasteiger partial charge >= 0.3 is 0 Å². The molecule has 0 fully saturated rings. The molecular formula is C12H17N3OS. The average molecular weight is 251 g/mol. The number of hydrazone groups is 1. The lowest BCUT2D eigenvalue weighted by Gasteiger charge is -2.06. The second-order valence-electron chi connectivity index (χ2n) is 3.86. The zero-order chi connectivity index (χ0) is 12.8. The van der Waals surface area contributed by atoms with Gasteiger partial charge < -0.3 is 9.73 Å². The van der Waals surface area contributed by atoms with Gasteiger partial charge in [-0.3, -0.25) is 5.43 Å². The average Bonchev–Trinajstić information content (AvgIpc) is 2.70. The molecule has 2 N–H and O–H groups in total. The molecule has 0 bridgehead atoms. The van der Waals surface area contributed by atoms with Crippen molar-refractivity contribution in [2.45, 2.75) is 20.8 Å². The molecule has 0 radical (unpaired) electrons. The minimum Gasteiger partial charge on any atom is -0.460 e. The quantitative estimate of drug-likeness (QED) is 0.373. The van der Waals surface area contributed by atoms with Gasteiger partial charge in [0.25, 0.3) is 0 Å². The minimum atomic E-state index is 0.468. The third-order valence-electron chi connectivity index (χ3n) is 1.97. The van der Waals surface area contributed by atoms with Crippen molar-refractivity contribution in [3.63, 3.8) is 0 Å². The van der Waals surface area contributed by atoms with Gasteiger partial charge in [-0.2, -0.15) is 5.10 Å². The fraction of sp³-hybridized carbons (Fsp3) is 0.333. The van der Waals surface area contributed by atoms with Crippen molar-refractivity contribution in [1.29, 1.82) is 0 Å². The standard InChI is InChI=1S/C12H17N3OS/c1-8(2)7-13-12(17)15-14-10(4)11-6-5-9(3)16-11/h5-6H,1,7H2,2-4H3,(H2,13,15,17)/b14-10+. The number of hydrogen-bond donors (Lipinski definition) is 2. The second-order valence-corrected chi connectivity index (χ2v) is 4.27. The normalized spacial score (nSPS) is 11.1. The van der Waals surface area contributed by atoms with E-state index < -0.39 is 0 Å². The molecule has 4 nitrogen and oxygen atoms in total. The third kappa shape index (κ3) is 4.82. The van der Waals surface area contributed by atoms with E-state index in [1.165, 1.54) is 0 Å². The highest BCUT2D eigenvalue weighted by Gasteiger charge is 2.02. The summed E-state index contributed by atoms with van der Waals surface area (Å²) in [6.07, 6.45) is 0. The summed E-state index contributed by atoms with van der Waals surface area (Å²) in [5.74, 6) is 1.59. The zero-order valence-corrected chi connectivity index (χ0v) is 11.1. The van der Waals surface area contributed by atoms with Gasteiger partial charge in [-0.25, -0.2) is 0 Å². The van der Waals surface area contributed by atoms with Crippen molar-refractivity contribution < 1.29 is 4.42 Å². The van der Waals surface area contributed by atoms with Crippen molar-refractivity contribution >= 4 is 23.0 Å². The van der Waals surface area contributed by atoms with Crippen LogP contribution >= 0.6 is 12.2 Å². The van der Waals surface area contributed by atoms with Crippen molar-refractivity contribution in [1.82, 2.24) is 10.7 Å². The molecule has 1 aromatic rings. The molecule has 5 heteroatoms. The van der Waals surface area contributed by atoms with Crippen LogP contribution < -0.4 is 10.7 Å². The van der Waals surface area contributed by atoms with Gasteiger partial charge in [-0.05, 0) is 45.1 Å². The Morgan fingerprint density at radius 3 is 2.71 bits per heavy atom. The number of nitrogens with one attached hydrogen (secondary N) is 2. The molecule has 0 aliphatic rings. The summed E-state index contributed by atoms with van der Waals surface area (Å²) in [5.41, 5.74) is 4.51. The Morgan fingerprint density at radius 2 is 2.18 bits per heavy atom. The Morgan fingerprint density at radius 1 is 1.47 bits per heavy atom. The van der Waals surface area contributed by atoms with Crippen molar-refractivity contribution in [2.75, 3.05) is 6.54 Å². The number of rotatable bonds is 4. The summed E-state index contributed by atoms with van der Waals surface area (Å²) in [6, 6.07) is 3.77. The molecule has 0 aliphatic heterocycles. The van der Waals surface area contributed by atoms with Gasteiger partial charge in [0.1, 0.15) is 17.2 Å². The zero-order valence-electron chi connectivity index (χ0n) is 10.3. The fourth-order valence-electron chi connectivity index (χ4n) is 1.09. The SMILES string of the molecule is C=C(C)CNC(=S)N/N=C(\C)c1ccc(C)o1. The van der Waals surface area contributed by atoms with E-state index in [1.807, 2.05) is 32.9 Å². The maximum absolute atomic E-state index is 5.43. The summed E-state index contributed by atoms with van der Waals surface area (Å²) >= 11 is 5.04. The monoisotopic (exact) mass is 251 g/mol. The summed E-state index contributed by atoms with van der Waals surface area (Å²) in [5, 5.41) is 7.57. The van der Waals surface area contributed by atoms with E-state index >= 15 is 0 Å². The van der Waals surface area contributed by atoms with Crippen LogP contribution in [0.5, 0.6) is 0 Å². The molecule has 17 heavy (non-hydrogen) atoms. The van der Waals surface area contributed by atoms with E-state index in [9.17, 15) is 0 Å². The van der Waals surface area contributed by atoms with Crippen LogP contribution in [0.1, 0.15) is 25.4 Å². The molecule has 0 unspecified atom stereocenters. The smallest absolute Gasteiger partial charge is 0.187 e. The lowest BCUT2D eigenvalue weighted by Crippen LogP contribution is -2.33. The number of nitrogens with zero attached hydrogens (tertiary/aromatic N) is 1. The van der Waals surface area contributed by atoms with Gasteiger partial charge in [-0.15, -0.1) is 0 Å². The lowest BCUT2D eigenvalue weighted by atomic mass is 10.3. The van der Waals surface area contributed by atoms with E-state index in [0.717, 1.165) is 22.8 Å². The van der Waals surface area contributed by atoms with Gasteiger partial charge in [0.05, 0.1) is 0 Å². The molecule has 1 aromatic heterocycles. The van der Waals surface area contributed by atoms with E-state index in [-0.39, 0.29) is 0 Å². The first-order chi connectivity index (χ1) is 7.99. The summed E-state index contributed by atoms with van der Waals surface area (Å²) in [7, 11) is 0. The maximum atomic E-state index is 5.43. The van der Waals surface area contributed by atoms with E-state index in [1.54, 1.807) is 0 Å². The fourth-order valence-corrected chi connectivity index (χ4v) is 1.21. The van der Waals surface area contributed by atoms with Crippen LogP contribution in [0.2, 0.25) is 0 Å². The van der Waals surface area contributed by atoms with Crippen LogP contribution in [0, 0.1) is 6.92 Å².